The van der Waals surface area contributed by atoms with E-state index in [4.69, 9.17) is 10.1 Å². The monoisotopic (exact) mass is 347 g/mol. The van der Waals surface area contributed by atoms with E-state index in [0.29, 0.717) is 12.8 Å². The topological polar surface area (TPSA) is 58.4 Å². The molecule has 25 heavy (non-hydrogen) atoms. The predicted molar refractivity (Wildman–Crippen MR) is 105 cm³/mol. The maximum absolute atomic E-state index is 10.7. The Hall–Kier alpha value is -2.04. The lowest BCUT2D eigenvalue weighted by Crippen LogP contribution is -2.24. The highest BCUT2D eigenvalue weighted by Crippen LogP contribution is 2.23. The molecule has 0 fully saturated rings. The molecule has 0 aliphatic heterocycles. The van der Waals surface area contributed by atoms with Crippen LogP contribution in [0, 0.1) is 0 Å². The van der Waals surface area contributed by atoms with Gasteiger partial charge < -0.3 is 14.6 Å². The molecule has 1 heterocycles. The fourth-order valence-electron chi connectivity index (χ4n) is 2.97. The molecule has 0 spiro atoms. The van der Waals surface area contributed by atoms with Crippen LogP contribution in [0.15, 0.2) is 18.2 Å². The van der Waals surface area contributed by atoms with E-state index < -0.39 is 5.97 Å². The minimum Gasteiger partial charge on any atom is -0.481 e. The fourth-order valence-corrected chi connectivity index (χ4v) is 2.97. The second-order valence-corrected chi connectivity index (χ2v) is 5.99. The number of carboxylic acids is 1. The lowest BCUT2D eigenvalue weighted by Gasteiger charge is -2.23. The lowest BCUT2D eigenvalue weighted by atomic mass is 10.2. The molecule has 0 aliphatic carbocycles. The molecule has 1 aromatic heterocycles. The minimum atomic E-state index is -0.749. The van der Waals surface area contributed by atoms with Crippen LogP contribution in [0.1, 0.15) is 59.2 Å². The zero-order valence-corrected chi connectivity index (χ0v) is 16.4. The van der Waals surface area contributed by atoms with Crippen LogP contribution in [0.5, 0.6) is 0 Å². The van der Waals surface area contributed by atoms with Crippen LogP contribution >= 0.6 is 0 Å². The Kier molecular flexibility index (Phi) is 9.03. The SMILES string of the molecule is CC.CCCN(CCC)c1ccc2c(c1)nc(CCCC(=O)O)n2C. The molecule has 2 rings (SSSR count). The van der Waals surface area contributed by atoms with E-state index in [0.717, 1.165) is 42.8 Å². The highest BCUT2D eigenvalue weighted by Gasteiger charge is 2.11. The first-order valence-electron chi connectivity index (χ1n) is 9.48. The number of aromatic nitrogens is 2. The molecule has 0 aliphatic rings. The van der Waals surface area contributed by atoms with Gasteiger partial charge in [0.05, 0.1) is 11.0 Å². The van der Waals surface area contributed by atoms with Crippen LogP contribution < -0.4 is 4.90 Å². The molecule has 0 bridgehead atoms. The summed E-state index contributed by atoms with van der Waals surface area (Å²) in [6.45, 7) is 10.5. The lowest BCUT2D eigenvalue weighted by molar-refractivity contribution is -0.137. The van der Waals surface area contributed by atoms with Gasteiger partial charge in [-0.3, -0.25) is 4.79 Å². The maximum atomic E-state index is 10.7. The highest BCUT2D eigenvalue weighted by atomic mass is 16.4. The predicted octanol–water partition coefficient (Wildman–Crippen LogP) is 4.63. The van der Waals surface area contributed by atoms with Gasteiger partial charge in [-0.1, -0.05) is 27.7 Å². The first kappa shape index (κ1) is 21.0. The van der Waals surface area contributed by atoms with Gasteiger partial charge in [-0.2, -0.15) is 0 Å². The van der Waals surface area contributed by atoms with Crippen molar-refractivity contribution >= 4 is 22.7 Å². The Morgan fingerprint density at radius 3 is 2.40 bits per heavy atom. The Morgan fingerprint density at radius 2 is 1.84 bits per heavy atom. The maximum Gasteiger partial charge on any atom is 0.303 e. The number of benzene rings is 1. The van der Waals surface area contributed by atoms with E-state index in [1.54, 1.807) is 0 Å². The summed E-state index contributed by atoms with van der Waals surface area (Å²) in [6.07, 6.45) is 3.76. The number of hydrogen-bond donors (Lipinski definition) is 1. The van der Waals surface area contributed by atoms with Gasteiger partial charge in [-0.15, -0.1) is 0 Å². The van der Waals surface area contributed by atoms with E-state index in [-0.39, 0.29) is 6.42 Å². The number of aliphatic carboxylic acids is 1. The normalized spacial score (nSPS) is 10.4. The van der Waals surface area contributed by atoms with Gasteiger partial charge in [0, 0.05) is 38.7 Å². The smallest absolute Gasteiger partial charge is 0.303 e. The summed E-state index contributed by atoms with van der Waals surface area (Å²) in [5, 5.41) is 8.77. The third-order valence-electron chi connectivity index (χ3n) is 4.10. The molecule has 5 heteroatoms. The van der Waals surface area contributed by atoms with Crippen LogP contribution in [0.4, 0.5) is 5.69 Å². The molecule has 0 amide bonds. The molecule has 0 saturated heterocycles. The Labute approximate surface area is 151 Å². The van der Waals surface area contributed by atoms with Gasteiger partial charge in [0.2, 0.25) is 0 Å². The minimum absolute atomic E-state index is 0.190. The summed E-state index contributed by atoms with van der Waals surface area (Å²) >= 11 is 0. The second kappa shape index (κ2) is 10.7. The van der Waals surface area contributed by atoms with Crippen molar-refractivity contribution in [2.45, 2.75) is 59.8 Å². The van der Waals surface area contributed by atoms with Gasteiger partial charge in [0.15, 0.2) is 0 Å². The molecule has 0 saturated carbocycles. The quantitative estimate of drug-likeness (QED) is 0.718. The number of fused-ring (bicyclic) bond motifs is 1. The third-order valence-corrected chi connectivity index (χ3v) is 4.10. The largest absolute Gasteiger partial charge is 0.481 e. The van der Waals surface area contributed by atoms with Crippen LogP contribution in [0.2, 0.25) is 0 Å². The number of carbonyl (C=O) groups is 1. The molecule has 5 nitrogen and oxygen atoms in total. The van der Waals surface area contributed by atoms with Crippen LogP contribution in [0.3, 0.4) is 0 Å². The van der Waals surface area contributed by atoms with Gasteiger partial charge >= 0.3 is 5.97 Å². The first-order chi connectivity index (χ1) is 12.1. The second-order valence-electron chi connectivity index (χ2n) is 5.99. The Balaban J connectivity index is 0.00000151. The average Bonchev–Trinajstić information content (AvgIpc) is 2.92. The molecule has 1 N–H and O–H groups in total. The molecule has 0 radical (unpaired) electrons. The van der Waals surface area contributed by atoms with E-state index in [1.165, 1.54) is 5.69 Å². The van der Waals surface area contributed by atoms with Crippen molar-refractivity contribution in [2.24, 2.45) is 7.05 Å². The summed E-state index contributed by atoms with van der Waals surface area (Å²) in [6, 6.07) is 6.44. The van der Waals surface area contributed by atoms with Crippen LogP contribution in [0.25, 0.3) is 11.0 Å². The van der Waals surface area contributed by atoms with E-state index in [1.807, 2.05) is 20.9 Å². The van der Waals surface area contributed by atoms with Gasteiger partial charge in [-0.25, -0.2) is 4.98 Å². The molecule has 2 aromatic rings. The number of anilines is 1. The van der Waals surface area contributed by atoms with Gasteiger partial charge in [0.25, 0.3) is 0 Å². The number of aryl methyl sites for hydroxylation is 2. The van der Waals surface area contributed by atoms with Crippen molar-refractivity contribution in [3.05, 3.63) is 24.0 Å². The number of carboxylic acid groups (broad SMARTS) is 1. The average molecular weight is 348 g/mol. The molecule has 140 valence electrons. The zero-order valence-electron chi connectivity index (χ0n) is 16.4. The number of rotatable bonds is 9. The van der Waals surface area contributed by atoms with Crippen molar-refractivity contribution in [1.82, 2.24) is 9.55 Å². The number of hydrogen-bond acceptors (Lipinski definition) is 3. The zero-order chi connectivity index (χ0) is 18.8. The van der Waals surface area contributed by atoms with Crippen molar-refractivity contribution in [1.29, 1.82) is 0 Å². The van der Waals surface area contributed by atoms with E-state index in [2.05, 4.69) is 41.5 Å². The molecular weight excluding hydrogens is 314 g/mol. The summed E-state index contributed by atoms with van der Waals surface area (Å²) in [5.41, 5.74) is 3.32. The summed E-state index contributed by atoms with van der Waals surface area (Å²) < 4.78 is 2.07. The first-order valence-corrected chi connectivity index (χ1v) is 9.48. The standard InChI is InChI=1S/C18H27N3O2.C2H6/c1-4-11-21(12-5-2)14-9-10-16-15(13-14)19-17(20(16)3)7-6-8-18(22)23;1-2/h9-10,13H,4-8,11-12H2,1-3H3,(H,22,23);1-2H3. The van der Waals surface area contributed by atoms with Gasteiger partial charge in [0.1, 0.15) is 5.82 Å². The van der Waals surface area contributed by atoms with Crippen molar-refractivity contribution in [2.75, 3.05) is 18.0 Å². The third kappa shape index (κ3) is 5.76. The van der Waals surface area contributed by atoms with Gasteiger partial charge in [-0.05, 0) is 37.5 Å². The van der Waals surface area contributed by atoms with Crippen molar-refractivity contribution in [3.8, 4) is 0 Å². The Bertz CT molecular complexity index is 658. The van der Waals surface area contributed by atoms with E-state index in [9.17, 15) is 4.79 Å². The Morgan fingerprint density at radius 1 is 1.20 bits per heavy atom. The van der Waals surface area contributed by atoms with Crippen molar-refractivity contribution < 1.29 is 9.90 Å². The summed E-state index contributed by atoms with van der Waals surface area (Å²) in [4.78, 5) is 17.8. The molecule has 0 atom stereocenters. The van der Waals surface area contributed by atoms with Crippen molar-refractivity contribution in [3.63, 3.8) is 0 Å². The number of imidazole rings is 1. The fraction of sp³-hybridized carbons (Fsp3) is 0.600. The van der Waals surface area contributed by atoms with E-state index >= 15 is 0 Å². The molecule has 1 aromatic carbocycles. The molecule has 0 unspecified atom stereocenters. The summed E-state index contributed by atoms with van der Waals surface area (Å²) in [7, 11) is 2.00. The highest BCUT2D eigenvalue weighted by molar-refractivity contribution is 5.80. The van der Waals surface area contributed by atoms with Crippen LogP contribution in [-0.2, 0) is 18.3 Å². The van der Waals surface area contributed by atoms with Crippen LogP contribution in [-0.4, -0.2) is 33.7 Å². The summed E-state index contributed by atoms with van der Waals surface area (Å²) in [5.74, 6) is 0.205. The number of nitrogens with zero attached hydrogens (tertiary/aromatic N) is 3. The molecular formula is C20H33N3O2.